The van der Waals surface area contributed by atoms with Gasteiger partial charge in [-0.1, -0.05) is 30.5 Å². The van der Waals surface area contributed by atoms with Crippen LogP contribution in [0, 0.1) is 18.8 Å². The van der Waals surface area contributed by atoms with E-state index in [0.29, 0.717) is 37.6 Å². The third-order valence-electron chi connectivity index (χ3n) is 7.14. The van der Waals surface area contributed by atoms with Crippen LogP contribution < -0.4 is 4.90 Å². The zero-order valence-corrected chi connectivity index (χ0v) is 18.3. The zero-order chi connectivity index (χ0) is 20.4. The standard InChI is InChI=1S/C22H33N3O3S/c1-18-6-8-21(9-7-18)29(27,28)25-14-12-24(13-15-25)22(26)17-23-11-10-19-4-2-3-5-20(19)16-23/h6-9,19-20H,2-5,10-17H2,1H3/p+1/t19-,20+/m0/s1. The van der Waals surface area contributed by atoms with Crippen LogP contribution in [0.5, 0.6) is 0 Å². The van der Waals surface area contributed by atoms with Crippen LogP contribution in [0.4, 0.5) is 0 Å². The van der Waals surface area contributed by atoms with Gasteiger partial charge in [0.25, 0.3) is 5.91 Å². The van der Waals surface area contributed by atoms with Gasteiger partial charge < -0.3 is 9.80 Å². The van der Waals surface area contributed by atoms with Gasteiger partial charge in [-0.25, -0.2) is 8.42 Å². The molecule has 1 amide bonds. The molecule has 1 N–H and O–H groups in total. The maximum absolute atomic E-state index is 12.8. The largest absolute Gasteiger partial charge is 0.335 e. The van der Waals surface area contributed by atoms with Crippen molar-refractivity contribution in [2.75, 3.05) is 45.8 Å². The number of hydrogen-bond acceptors (Lipinski definition) is 3. The molecule has 29 heavy (non-hydrogen) atoms. The maximum atomic E-state index is 12.8. The van der Waals surface area contributed by atoms with Gasteiger partial charge in [0.15, 0.2) is 6.54 Å². The number of quaternary nitrogens is 1. The number of carbonyl (C=O) groups is 1. The summed E-state index contributed by atoms with van der Waals surface area (Å²) in [5.41, 5.74) is 1.04. The van der Waals surface area contributed by atoms with E-state index >= 15 is 0 Å². The molecule has 1 aliphatic carbocycles. The third kappa shape index (κ3) is 4.67. The summed E-state index contributed by atoms with van der Waals surface area (Å²) in [7, 11) is -3.48. The lowest BCUT2D eigenvalue weighted by atomic mass is 9.75. The van der Waals surface area contributed by atoms with E-state index < -0.39 is 10.0 Å². The van der Waals surface area contributed by atoms with E-state index in [4.69, 9.17) is 0 Å². The number of nitrogens with zero attached hydrogens (tertiary/aromatic N) is 2. The molecule has 1 unspecified atom stereocenters. The molecule has 1 aromatic carbocycles. The summed E-state index contributed by atoms with van der Waals surface area (Å²) in [5.74, 6) is 1.87. The van der Waals surface area contributed by atoms with Crippen molar-refractivity contribution in [3.05, 3.63) is 29.8 Å². The Morgan fingerprint density at radius 1 is 1.00 bits per heavy atom. The van der Waals surface area contributed by atoms with E-state index in [1.54, 1.807) is 12.1 Å². The van der Waals surface area contributed by atoms with E-state index in [9.17, 15) is 13.2 Å². The number of amides is 1. The molecule has 2 heterocycles. The third-order valence-corrected chi connectivity index (χ3v) is 9.05. The lowest BCUT2D eigenvalue weighted by Gasteiger charge is -2.39. The molecule has 0 bridgehead atoms. The minimum atomic E-state index is -3.48. The predicted molar refractivity (Wildman–Crippen MR) is 112 cm³/mol. The summed E-state index contributed by atoms with van der Waals surface area (Å²) in [6.07, 6.45) is 6.70. The molecule has 3 aliphatic rings. The Morgan fingerprint density at radius 3 is 2.34 bits per heavy atom. The van der Waals surface area contributed by atoms with E-state index in [-0.39, 0.29) is 5.91 Å². The molecule has 6 nitrogen and oxygen atoms in total. The number of piperazine rings is 1. The molecular weight excluding hydrogens is 386 g/mol. The second-order valence-electron chi connectivity index (χ2n) is 9.07. The Balaban J connectivity index is 1.29. The summed E-state index contributed by atoms with van der Waals surface area (Å²) in [6, 6.07) is 6.98. The fourth-order valence-corrected chi connectivity index (χ4v) is 6.74. The molecule has 0 radical (unpaired) electrons. The highest BCUT2D eigenvalue weighted by molar-refractivity contribution is 7.89. The molecule has 3 fully saturated rings. The summed E-state index contributed by atoms with van der Waals surface area (Å²) >= 11 is 0. The quantitative estimate of drug-likeness (QED) is 0.788. The zero-order valence-electron chi connectivity index (χ0n) is 17.5. The van der Waals surface area contributed by atoms with E-state index in [1.165, 1.54) is 41.3 Å². The Morgan fingerprint density at radius 2 is 1.66 bits per heavy atom. The van der Waals surface area contributed by atoms with Crippen LogP contribution in [0.2, 0.25) is 0 Å². The van der Waals surface area contributed by atoms with Gasteiger partial charge in [-0.15, -0.1) is 0 Å². The first-order chi connectivity index (χ1) is 13.9. The molecule has 7 heteroatoms. The Labute approximate surface area is 174 Å². The highest BCUT2D eigenvalue weighted by atomic mass is 32.2. The fraction of sp³-hybridized carbons (Fsp3) is 0.682. The molecule has 0 spiro atoms. The van der Waals surface area contributed by atoms with Gasteiger partial charge in [-0.2, -0.15) is 4.31 Å². The van der Waals surface area contributed by atoms with Gasteiger partial charge >= 0.3 is 0 Å². The van der Waals surface area contributed by atoms with Crippen LogP contribution in [-0.4, -0.2) is 69.3 Å². The van der Waals surface area contributed by atoms with Crippen molar-refractivity contribution in [1.29, 1.82) is 0 Å². The number of likely N-dealkylation sites (tertiary alicyclic amines) is 1. The Hall–Kier alpha value is -1.44. The minimum Gasteiger partial charge on any atom is -0.335 e. The number of rotatable bonds is 4. The summed E-state index contributed by atoms with van der Waals surface area (Å²) in [6.45, 7) is 6.48. The molecule has 1 aromatic rings. The number of piperidine rings is 1. The first-order valence-corrected chi connectivity index (χ1v) is 12.6. The topological polar surface area (TPSA) is 62.1 Å². The molecule has 4 rings (SSSR count). The number of benzene rings is 1. The average molecular weight is 421 g/mol. The van der Waals surface area contributed by atoms with Crippen LogP contribution in [0.25, 0.3) is 0 Å². The smallest absolute Gasteiger partial charge is 0.277 e. The average Bonchev–Trinajstić information content (AvgIpc) is 2.74. The number of nitrogens with one attached hydrogen (secondary N) is 1. The summed E-state index contributed by atoms with van der Waals surface area (Å²) in [5, 5.41) is 0. The SMILES string of the molecule is Cc1ccc(S(=O)(=O)N2CCN(C(=O)C[NH+]3CC[C@@H]4CCCC[C@@H]4C3)CC2)cc1. The van der Waals surface area contributed by atoms with Crippen molar-refractivity contribution < 1.29 is 18.1 Å². The number of sulfonamides is 1. The predicted octanol–water partition coefficient (Wildman–Crippen LogP) is 0.923. The van der Waals surface area contributed by atoms with Gasteiger partial charge in [0.05, 0.1) is 18.0 Å². The van der Waals surface area contributed by atoms with Crippen LogP contribution in [0.1, 0.15) is 37.7 Å². The first kappa shape index (κ1) is 20.8. The molecular formula is C22H34N3O3S+. The number of fused-ring (bicyclic) bond motifs is 1. The highest BCUT2D eigenvalue weighted by Crippen LogP contribution is 2.32. The Bertz CT molecular complexity index is 816. The van der Waals surface area contributed by atoms with Gasteiger partial charge in [-0.05, 0) is 44.2 Å². The lowest BCUT2D eigenvalue weighted by molar-refractivity contribution is -0.903. The van der Waals surface area contributed by atoms with Crippen molar-refractivity contribution in [3.8, 4) is 0 Å². The fourth-order valence-electron chi connectivity index (χ4n) is 5.32. The van der Waals surface area contributed by atoms with E-state index in [2.05, 4.69) is 0 Å². The van der Waals surface area contributed by atoms with Crippen LogP contribution >= 0.6 is 0 Å². The Kier molecular flexibility index (Phi) is 6.27. The first-order valence-electron chi connectivity index (χ1n) is 11.1. The van der Waals surface area contributed by atoms with Crippen molar-refractivity contribution in [2.24, 2.45) is 11.8 Å². The summed E-state index contributed by atoms with van der Waals surface area (Å²) in [4.78, 5) is 16.4. The van der Waals surface area contributed by atoms with E-state index in [0.717, 1.165) is 30.5 Å². The number of carbonyl (C=O) groups excluding carboxylic acids is 1. The molecule has 2 aliphatic heterocycles. The van der Waals surface area contributed by atoms with Crippen LogP contribution in [0.3, 0.4) is 0 Å². The molecule has 1 saturated carbocycles. The second-order valence-corrected chi connectivity index (χ2v) is 11.0. The highest BCUT2D eigenvalue weighted by Gasteiger charge is 2.36. The molecule has 0 aromatic heterocycles. The number of aryl methyl sites for hydroxylation is 1. The van der Waals surface area contributed by atoms with Gasteiger partial charge in [-0.3, -0.25) is 4.79 Å². The number of hydrogen-bond donors (Lipinski definition) is 1. The van der Waals surface area contributed by atoms with Gasteiger partial charge in [0, 0.05) is 32.1 Å². The molecule has 2 saturated heterocycles. The van der Waals surface area contributed by atoms with Crippen LogP contribution in [0.15, 0.2) is 29.2 Å². The minimum absolute atomic E-state index is 0.182. The lowest BCUT2D eigenvalue weighted by Crippen LogP contribution is -3.15. The van der Waals surface area contributed by atoms with Crippen molar-refractivity contribution in [2.45, 2.75) is 43.9 Å². The normalized spacial score (nSPS) is 28.7. The molecule has 160 valence electrons. The molecule has 3 atom stereocenters. The second kappa shape index (κ2) is 8.74. The maximum Gasteiger partial charge on any atom is 0.277 e. The van der Waals surface area contributed by atoms with Crippen molar-refractivity contribution in [1.82, 2.24) is 9.21 Å². The van der Waals surface area contributed by atoms with Gasteiger partial charge in [0.2, 0.25) is 10.0 Å². The monoisotopic (exact) mass is 420 g/mol. The van der Waals surface area contributed by atoms with Crippen molar-refractivity contribution in [3.63, 3.8) is 0 Å². The van der Waals surface area contributed by atoms with Gasteiger partial charge in [0.1, 0.15) is 0 Å². The summed E-state index contributed by atoms with van der Waals surface area (Å²) < 4.78 is 27.2. The van der Waals surface area contributed by atoms with Crippen molar-refractivity contribution >= 4 is 15.9 Å². The van der Waals surface area contributed by atoms with Crippen LogP contribution in [-0.2, 0) is 14.8 Å². The van der Waals surface area contributed by atoms with E-state index in [1.807, 2.05) is 24.0 Å².